The quantitative estimate of drug-likeness (QED) is 0.782. The average molecular weight is 403 g/mol. The lowest BCUT2D eigenvalue weighted by Crippen LogP contribution is -2.49. The van der Waals surface area contributed by atoms with E-state index < -0.39 is 10.0 Å². The lowest BCUT2D eigenvalue weighted by molar-refractivity contribution is 0.384. The van der Waals surface area contributed by atoms with Crippen molar-refractivity contribution >= 4 is 15.7 Å². The van der Waals surface area contributed by atoms with Gasteiger partial charge in [-0.25, -0.2) is 8.42 Å². The molecular formula is C22H30N2O3S. The molecule has 0 aliphatic carbocycles. The van der Waals surface area contributed by atoms with Gasteiger partial charge in [-0.2, -0.15) is 4.31 Å². The Balaban J connectivity index is 1.84. The van der Waals surface area contributed by atoms with Crippen LogP contribution in [0.3, 0.4) is 0 Å². The van der Waals surface area contributed by atoms with Gasteiger partial charge in [0.15, 0.2) is 0 Å². The summed E-state index contributed by atoms with van der Waals surface area (Å²) in [7, 11) is -1.86. The Morgan fingerprint density at radius 3 is 1.68 bits per heavy atom. The maximum atomic E-state index is 13.5. The second-order valence-corrected chi connectivity index (χ2v) is 9.42. The molecule has 0 amide bonds. The first-order valence-electron chi connectivity index (χ1n) is 9.64. The predicted octanol–water partition coefficient (Wildman–Crippen LogP) is 3.75. The minimum absolute atomic E-state index is 0.485. The highest BCUT2D eigenvalue weighted by Gasteiger charge is 2.32. The lowest BCUT2D eigenvalue weighted by atomic mass is 9.95. The van der Waals surface area contributed by atoms with Crippen molar-refractivity contribution < 1.29 is 13.2 Å². The summed E-state index contributed by atoms with van der Waals surface area (Å²) in [5.74, 6) is 0.820. The molecule has 152 valence electrons. The Hall–Kier alpha value is -2.05. The Bertz CT molecular complexity index is 945. The standard InChI is InChI=1S/C22H30N2O3S/c1-15-16(2)18(4)22(19(5)17(15)3)28(25,26)24-13-11-23(12-14-24)20-7-9-21(27-6)10-8-20/h7-10H,11-14H2,1-6H3. The van der Waals surface area contributed by atoms with E-state index in [9.17, 15) is 8.42 Å². The summed E-state index contributed by atoms with van der Waals surface area (Å²) in [6, 6.07) is 7.90. The third-order valence-corrected chi connectivity index (χ3v) is 8.38. The largest absolute Gasteiger partial charge is 0.497 e. The molecule has 2 aromatic rings. The average Bonchev–Trinajstić information content (AvgIpc) is 2.71. The fraction of sp³-hybridized carbons (Fsp3) is 0.455. The smallest absolute Gasteiger partial charge is 0.243 e. The van der Waals surface area contributed by atoms with Gasteiger partial charge in [-0.15, -0.1) is 0 Å². The summed E-state index contributed by atoms with van der Waals surface area (Å²) < 4.78 is 33.8. The number of anilines is 1. The minimum Gasteiger partial charge on any atom is -0.497 e. The molecule has 6 heteroatoms. The fourth-order valence-corrected chi connectivity index (χ4v) is 5.94. The van der Waals surface area contributed by atoms with Gasteiger partial charge in [0.25, 0.3) is 0 Å². The molecule has 0 unspecified atom stereocenters. The topological polar surface area (TPSA) is 49.9 Å². The van der Waals surface area contributed by atoms with E-state index in [1.54, 1.807) is 11.4 Å². The van der Waals surface area contributed by atoms with Gasteiger partial charge >= 0.3 is 0 Å². The highest BCUT2D eigenvalue weighted by molar-refractivity contribution is 7.89. The third-order valence-electron chi connectivity index (χ3n) is 6.21. The van der Waals surface area contributed by atoms with Gasteiger partial charge in [0.2, 0.25) is 10.0 Å². The molecule has 0 spiro atoms. The molecule has 1 fully saturated rings. The van der Waals surface area contributed by atoms with Gasteiger partial charge in [-0.3, -0.25) is 0 Å². The van der Waals surface area contributed by atoms with Crippen LogP contribution >= 0.6 is 0 Å². The number of sulfonamides is 1. The molecule has 0 aromatic heterocycles. The predicted molar refractivity (Wildman–Crippen MR) is 114 cm³/mol. The number of benzene rings is 2. The first kappa shape index (κ1) is 20.7. The minimum atomic E-state index is -3.51. The molecular weight excluding hydrogens is 372 g/mol. The molecule has 28 heavy (non-hydrogen) atoms. The molecule has 0 radical (unpaired) electrons. The van der Waals surface area contributed by atoms with E-state index in [0.29, 0.717) is 31.1 Å². The van der Waals surface area contributed by atoms with Crippen molar-refractivity contribution in [2.45, 2.75) is 39.5 Å². The summed E-state index contributed by atoms with van der Waals surface area (Å²) >= 11 is 0. The Kier molecular flexibility index (Phi) is 5.73. The third kappa shape index (κ3) is 3.51. The molecule has 1 heterocycles. The van der Waals surface area contributed by atoms with E-state index in [1.807, 2.05) is 52.0 Å². The fourth-order valence-electron chi connectivity index (χ4n) is 3.96. The molecule has 1 saturated heterocycles. The van der Waals surface area contributed by atoms with Gasteiger partial charge in [0, 0.05) is 31.9 Å². The van der Waals surface area contributed by atoms with Crippen LogP contribution in [-0.2, 0) is 10.0 Å². The number of hydrogen-bond acceptors (Lipinski definition) is 4. The Morgan fingerprint density at radius 2 is 1.21 bits per heavy atom. The van der Waals surface area contributed by atoms with Crippen molar-refractivity contribution in [1.82, 2.24) is 4.31 Å². The Labute approximate surface area is 169 Å². The van der Waals surface area contributed by atoms with Crippen molar-refractivity contribution in [2.75, 3.05) is 38.2 Å². The zero-order valence-corrected chi connectivity index (χ0v) is 18.5. The number of hydrogen-bond donors (Lipinski definition) is 0. The first-order valence-corrected chi connectivity index (χ1v) is 11.1. The second kappa shape index (κ2) is 7.76. The van der Waals surface area contributed by atoms with E-state index in [1.165, 1.54) is 5.56 Å². The van der Waals surface area contributed by atoms with Crippen LogP contribution in [0, 0.1) is 34.6 Å². The summed E-state index contributed by atoms with van der Waals surface area (Å²) in [6.45, 7) is 12.3. The molecule has 0 N–H and O–H groups in total. The highest BCUT2D eigenvalue weighted by Crippen LogP contribution is 2.32. The number of rotatable bonds is 4. The van der Waals surface area contributed by atoms with Crippen LogP contribution in [0.5, 0.6) is 5.75 Å². The molecule has 0 bridgehead atoms. The summed E-state index contributed by atoms with van der Waals surface area (Å²) in [4.78, 5) is 2.71. The van der Waals surface area contributed by atoms with Crippen LogP contribution < -0.4 is 9.64 Å². The van der Waals surface area contributed by atoms with Crippen LogP contribution in [0.2, 0.25) is 0 Å². The maximum absolute atomic E-state index is 13.5. The molecule has 5 nitrogen and oxygen atoms in total. The van der Waals surface area contributed by atoms with Crippen molar-refractivity contribution in [2.24, 2.45) is 0 Å². The normalized spacial score (nSPS) is 15.7. The van der Waals surface area contributed by atoms with Gasteiger partial charge in [-0.1, -0.05) is 0 Å². The highest BCUT2D eigenvalue weighted by atomic mass is 32.2. The molecule has 3 rings (SSSR count). The summed E-state index contributed by atoms with van der Waals surface area (Å²) in [6.07, 6.45) is 0. The van der Waals surface area contributed by atoms with Crippen LogP contribution in [-0.4, -0.2) is 46.0 Å². The van der Waals surface area contributed by atoms with Crippen molar-refractivity contribution in [3.05, 3.63) is 52.1 Å². The van der Waals surface area contributed by atoms with Gasteiger partial charge in [-0.05, 0) is 86.7 Å². The first-order chi connectivity index (χ1) is 13.2. The van der Waals surface area contributed by atoms with Gasteiger partial charge in [0.05, 0.1) is 12.0 Å². The zero-order chi connectivity index (χ0) is 20.6. The lowest BCUT2D eigenvalue weighted by Gasteiger charge is -2.36. The maximum Gasteiger partial charge on any atom is 0.243 e. The van der Waals surface area contributed by atoms with Crippen LogP contribution in [0.1, 0.15) is 27.8 Å². The molecule has 1 aliphatic rings. The van der Waals surface area contributed by atoms with Crippen molar-refractivity contribution in [3.63, 3.8) is 0 Å². The molecule has 2 aromatic carbocycles. The second-order valence-electron chi connectivity index (χ2n) is 7.54. The molecule has 1 aliphatic heterocycles. The SMILES string of the molecule is COc1ccc(N2CCN(S(=O)(=O)c3c(C)c(C)c(C)c(C)c3C)CC2)cc1. The van der Waals surface area contributed by atoms with E-state index in [0.717, 1.165) is 33.7 Å². The number of piperazine rings is 1. The van der Waals surface area contributed by atoms with E-state index >= 15 is 0 Å². The Morgan fingerprint density at radius 1 is 0.750 bits per heavy atom. The van der Waals surface area contributed by atoms with Crippen LogP contribution in [0.15, 0.2) is 29.2 Å². The molecule has 0 saturated carbocycles. The number of nitrogens with zero attached hydrogens (tertiary/aromatic N) is 2. The van der Waals surface area contributed by atoms with Gasteiger partial charge in [0.1, 0.15) is 5.75 Å². The van der Waals surface area contributed by atoms with Crippen LogP contribution in [0.4, 0.5) is 5.69 Å². The van der Waals surface area contributed by atoms with Crippen molar-refractivity contribution in [3.8, 4) is 5.75 Å². The van der Waals surface area contributed by atoms with E-state index in [-0.39, 0.29) is 0 Å². The number of methoxy groups -OCH3 is 1. The van der Waals surface area contributed by atoms with Gasteiger partial charge < -0.3 is 9.64 Å². The zero-order valence-electron chi connectivity index (χ0n) is 17.7. The summed E-state index contributed by atoms with van der Waals surface area (Å²) in [5, 5.41) is 0. The van der Waals surface area contributed by atoms with E-state index in [2.05, 4.69) is 11.8 Å². The molecule has 0 atom stereocenters. The summed E-state index contributed by atoms with van der Waals surface area (Å²) in [5.41, 5.74) is 6.15. The van der Waals surface area contributed by atoms with E-state index in [4.69, 9.17) is 4.74 Å². The monoisotopic (exact) mass is 402 g/mol. The van der Waals surface area contributed by atoms with Crippen molar-refractivity contribution in [1.29, 1.82) is 0 Å². The number of ether oxygens (including phenoxy) is 1. The van der Waals surface area contributed by atoms with Crippen LogP contribution in [0.25, 0.3) is 0 Å².